The molecule has 0 amide bonds. The van der Waals surface area contributed by atoms with Crippen LogP contribution >= 0.6 is 23.2 Å². The van der Waals surface area contributed by atoms with Gasteiger partial charge in [0.25, 0.3) is 0 Å². The van der Waals surface area contributed by atoms with Crippen LogP contribution in [0.3, 0.4) is 0 Å². The molecule has 0 spiro atoms. The lowest BCUT2D eigenvalue weighted by atomic mass is 10.1. The van der Waals surface area contributed by atoms with Crippen LogP contribution in [0, 0.1) is 5.82 Å². The van der Waals surface area contributed by atoms with Gasteiger partial charge in [-0.2, -0.15) is 9.97 Å². The molecule has 0 aliphatic heterocycles. The maximum Gasteiger partial charge on any atom is 0.353 e. The number of rotatable bonds is 4. The standard InChI is InChI=1S/C21H13Cl2FN4O2/c22-14-4-3-12(9-15(14)24)18-19(27-20(30-18)13-5-7-25-17(23)10-13)28-8-6-16(11-1-2-11)26-21(28)29/h3-11H,1-2H2. The van der Waals surface area contributed by atoms with E-state index in [2.05, 4.69) is 15.0 Å². The molecule has 4 aromatic rings. The highest BCUT2D eigenvalue weighted by molar-refractivity contribution is 6.30. The van der Waals surface area contributed by atoms with Crippen molar-refractivity contribution < 1.29 is 8.81 Å². The second-order valence-corrected chi connectivity index (χ2v) is 7.74. The Morgan fingerprint density at radius 1 is 1.07 bits per heavy atom. The Bertz CT molecular complexity index is 1330. The minimum absolute atomic E-state index is 0.0198. The molecule has 0 N–H and O–H groups in total. The zero-order valence-corrected chi connectivity index (χ0v) is 16.9. The largest absolute Gasteiger partial charge is 0.434 e. The molecular formula is C21H13Cl2FN4O2. The van der Waals surface area contributed by atoms with Gasteiger partial charge in [0.05, 0.1) is 10.7 Å². The van der Waals surface area contributed by atoms with Crippen molar-refractivity contribution in [3.63, 3.8) is 0 Å². The van der Waals surface area contributed by atoms with Gasteiger partial charge in [0.1, 0.15) is 11.0 Å². The van der Waals surface area contributed by atoms with Gasteiger partial charge in [0.2, 0.25) is 5.89 Å². The van der Waals surface area contributed by atoms with E-state index < -0.39 is 11.5 Å². The summed E-state index contributed by atoms with van der Waals surface area (Å²) in [5, 5.41) is 0.243. The van der Waals surface area contributed by atoms with Crippen LogP contribution in [0.1, 0.15) is 24.5 Å². The van der Waals surface area contributed by atoms with Gasteiger partial charge in [0, 0.05) is 29.4 Å². The van der Waals surface area contributed by atoms with Crippen molar-refractivity contribution in [3.05, 3.63) is 81.0 Å². The zero-order valence-electron chi connectivity index (χ0n) is 15.3. The lowest BCUT2D eigenvalue weighted by Gasteiger charge is -2.05. The number of hydrogen-bond donors (Lipinski definition) is 0. The molecule has 9 heteroatoms. The van der Waals surface area contributed by atoms with E-state index in [0.717, 1.165) is 18.5 Å². The number of oxazole rings is 1. The molecule has 1 saturated carbocycles. The summed E-state index contributed by atoms with van der Waals surface area (Å²) in [5.74, 6) is 0.331. The minimum atomic E-state index is -0.612. The summed E-state index contributed by atoms with van der Waals surface area (Å²) in [5.41, 5.74) is 1.22. The van der Waals surface area contributed by atoms with Crippen LogP contribution in [0.25, 0.3) is 28.6 Å². The normalized spacial score (nSPS) is 13.6. The van der Waals surface area contributed by atoms with Crippen molar-refractivity contribution in [2.24, 2.45) is 0 Å². The second-order valence-electron chi connectivity index (χ2n) is 6.95. The average Bonchev–Trinajstić information content (AvgIpc) is 3.49. The van der Waals surface area contributed by atoms with Crippen LogP contribution in [0.5, 0.6) is 0 Å². The third-order valence-corrected chi connectivity index (χ3v) is 5.33. The molecule has 1 aromatic carbocycles. The average molecular weight is 443 g/mol. The van der Waals surface area contributed by atoms with Crippen molar-refractivity contribution in [1.82, 2.24) is 19.5 Å². The number of halogens is 3. The first-order valence-corrected chi connectivity index (χ1v) is 9.93. The Balaban J connectivity index is 1.70. The van der Waals surface area contributed by atoms with E-state index in [4.69, 9.17) is 27.6 Å². The molecule has 0 atom stereocenters. The Hall–Kier alpha value is -3.03. The maximum atomic E-state index is 14.1. The summed E-state index contributed by atoms with van der Waals surface area (Å²) < 4.78 is 21.3. The van der Waals surface area contributed by atoms with Gasteiger partial charge in [-0.15, -0.1) is 0 Å². The fourth-order valence-electron chi connectivity index (χ4n) is 3.14. The maximum absolute atomic E-state index is 14.1. The van der Waals surface area contributed by atoms with E-state index in [-0.39, 0.29) is 27.6 Å². The van der Waals surface area contributed by atoms with Crippen molar-refractivity contribution >= 4 is 23.2 Å². The van der Waals surface area contributed by atoms with Gasteiger partial charge in [-0.1, -0.05) is 23.2 Å². The molecule has 3 heterocycles. The summed E-state index contributed by atoms with van der Waals surface area (Å²) in [7, 11) is 0. The third kappa shape index (κ3) is 3.51. The SMILES string of the molecule is O=c1nc(C2CC2)ccn1-c1nc(-c2ccnc(Cl)c2)oc1-c1ccc(Cl)c(F)c1. The predicted octanol–water partition coefficient (Wildman–Crippen LogP) is 5.27. The van der Waals surface area contributed by atoms with Crippen LogP contribution in [0.2, 0.25) is 10.2 Å². The van der Waals surface area contributed by atoms with Crippen molar-refractivity contribution in [3.8, 4) is 28.6 Å². The van der Waals surface area contributed by atoms with E-state index in [0.29, 0.717) is 17.0 Å². The molecule has 1 fully saturated rings. The molecule has 5 rings (SSSR count). The lowest BCUT2D eigenvalue weighted by molar-refractivity contribution is 0.585. The van der Waals surface area contributed by atoms with Gasteiger partial charge < -0.3 is 4.42 Å². The number of aromatic nitrogens is 4. The van der Waals surface area contributed by atoms with Crippen molar-refractivity contribution in [2.45, 2.75) is 18.8 Å². The van der Waals surface area contributed by atoms with E-state index >= 15 is 0 Å². The summed E-state index contributed by atoms with van der Waals surface area (Å²) >= 11 is 11.8. The Morgan fingerprint density at radius 3 is 2.60 bits per heavy atom. The quantitative estimate of drug-likeness (QED) is 0.402. The number of pyridine rings is 1. The predicted molar refractivity (Wildman–Crippen MR) is 111 cm³/mol. The first-order chi connectivity index (χ1) is 14.5. The van der Waals surface area contributed by atoms with Gasteiger partial charge in [-0.3, -0.25) is 0 Å². The first-order valence-electron chi connectivity index (χ1n) is 9.18. The van der Waals surface area contributed by atoms with Crippen LogP contribution in [0.4, 0.5) is 4.39 Å². The van der Waals surface area contributed by atoms with E-state index in [9.17, 15) is 9.18 Å². The zero-order chi connectivity index (χ0) is 20.8. The van der Waals surface area contributed by atoms with Crippen molar-refractivity contribution in [2.75, 3.05) is 0 Å². The molecule has 1 aliphatic rings. The lowest BCUT2D eigenvalue weighted by Crippen LogP contribution is -2.22. The minimum Gasteiger partial charge on any atom is -0.434 e. The van der Waals surface area contributed by atoms with E-state index in [1.165, 1.54) is 22.9 Å². The summed E-state index contributed by atoms with van der Waals surface area (Å²) in [4.78, 5) is 25.3. The molecule has 0 saturated heterocycles. The van der Waals surface area contributed by atoms with E-state index in [1.54, 1.807) is 30.5 Å². The second kappa shape index (κ2) is 7.34. The molecule has 0 bridgehead atoms. The molecule has 6 nitrogen and oxygen atoms in total. The van der Waals surface area contributed by atoms with E-state index in [1.807, 2.05) is 0 Å². The molecule has 0 radical (unpaired) electrons. The van der Waals surface area contributed by atoms with Gasteiger partial charge in [-0.05, 0) is 49.2 Å². The highest BCUT2D eigenvalue weighted by Crippen LogP contribution is 2.38. The van der Waals surface area contributed by atoms with Gasteiger partial charge >= 0.3 is 5.69 Å². The van der Waals surface area contributed by atoms with Gasteiger partial charge in [0.15, 0.2) is 11.6 Å². The topological polar surface area (TPSA) is 73.8 Å². The van der Waals surface area contributed by atoms with Crippen LogP contribution in [0.15, 0.2) is 58.0 Å². The monoisotopic (exact) mass is 442 g/mol. The molecule has 150 valence electrons. The summed E-state index contributed by atoms with van der Waals surface area (Å²) in [6, 6.07) is 9.29. The number of nitrogens with zero attached hydrogens (tertiary/aromatic N) is 4. The smallest absolute Gasteiger partial charge is 0.353 e. The number of hydrogen-bond acceptors (Lipinski definition) is 5. The Morgan fingerprint density at radius 2 is 1.90 bits per heavy atom. The highest BCUT2D eigenvalue weighted by atomic mass is 35.5. The Kier molecular flexibility index (Phi) is 4.64. The first kappa shape index (κ1) is 19.0. The van der Waals surface area contributed by atoms with Crippen LogP contribution < -0.4 is 5.69 Å². The molecule has 0 unspecified atom stereocenters. The highest BCUT2D eigenvalue weighted by Gasteiger charge is 2.26. The summed E-state index contributed by atoms with van der Waals surface area (Å²) in [6.07, 6.45) is 5.19. The molecule has 3 aromatic heterocycles. The van der Waals surface area contributed by atoms with Crippen LogP contribution in [-0.4, -0.2) is 19.5 Å². The molecule has 1 aliphatic carbocycles. The molecule has 30 heavy (non-hydrogen) atoms. The fourth-order valence-corrected chi connectivity index (χ4v) is 3.44. The van der Waals surface area contributed by atoms with Gasteiger partial charge in [-0.25, -0.2) is 18.7 Å². The summed E-state index contributed by atoms with van der Waals surface area (Å²) in [6.45, 7) is 0. The van der Waals surface area contributed by atoms with Crippen LogP contribution in [-0.2, 0) is 0 Å². The van der Waals surface area contributed by atoms with Crippen molar-refractivity contribution in [1.29, 1.82) is 0 Å². The fraction of sp³-hybridized carbons (Fsp3) is 0.143. The third-order valence-electron chi connectivity index (χ3n) is 4.81. The number of benzene rings is 1. The molecular weight excluding hydrogens is 430 g/mol. The Labute approximate surface area is 180 Å².